The van der Waals surface area contributed by atoms with Crippen LogP contribution in [-0.2, 0) is 30.9 Å². The molecule has 2 aliphatic heterocycles. The highest BCUT2D eigenvalue weighted by atomic mass is 32.3. The first-order valence-electron chi connectivity index (χ1n) is 12.3. The zero-order valence-electron chi connectivity index (χ0n) is 23.4. The molecule has 15 heteroatoms. The van der Waals surface area contributed by atoms with Gasteiger partial charge in [0.05, 0.1) is 5.41 Å². The predicted octanol–water partition coefficient (Wildman–Crippen LogP) is 6.62. The molecule has 2 heterocycles. The number of halogens is 6. The molecule has 2 aromatic carbocycles. The van der Waals surface area contributed by atoms with Gasteiger partial charge in [-0.2, -0.15) is 30.9 Å². The van der Waals surface area contributed by atoms with Gasteiger partial charge >= 0.3 is 11.0 Å². The van der Waals surface area contributed by atoms with Crippen LogP contribution in [0.15, 0.2) is 72.5 Å². The van der Waals surface area contributed by atoms with Crippen molar-refractivity contribution in [2.75, 3.05) is 19.0 Å². The highest BCUT2D eigenvalue weighted by molar-refractivity contribution is 8.13. The van der Waals surface area contributed by atoms with Crippen molar-refractivity contribution in [1.29, 1.82) is 0 Å². The highest BCUT2D eigenvalue weighted by Crippen LogP contribution is 2.46. The van der Waals surface area contributed by atoms with Gasteiger partial charge in [0.25, 0.3) is 0 Å². The largest absolute Gasteiger partial charge is 0.480 e. The Morgan fingerprint density at radius 1 is 0.786 bits per heavy atom. The smallest absolute Gasteiger partial charge is 0.421 e. The number of fused-ring (bicyclic) bond motifs is 2. The maximum atomic E-state index is 11.4. The van der Waals surface area contributed by atoms with Gasteiger partial charge in [-0.15, -0.1) is 0 Å². The van der Waals surface area contributed by atoms with E-state index >= 15 is 0 Å². The number of hydrogen-bond donors (Lipinski definition) is 0. The Bertz CT molecular complexity index is 1650. The molecule has 7 nitrogen and oxygen atoms in total. The van der Waals surface area contributed by atoms with E-state index in [1.165, 1.54) is 33.9 Å². The second-order valence-electron chi connectivity index (χ2n) is 10.6. The van der Waals surface area contributed by atoms with Crippen LogP contribution in [0.2, 0.25) is 0 Å². The van der Waals surface area contributed by atoms with Gasteiger partial charge in [0.15, 0.2) is 25.8 Å². The van der Waals surface area contributed by atoms with Crippen molar-refractivity contribution in [2.45, 2.75) is 49.5 Å². The van der Waals surface area contributed by atoms with E-state index in [9.17, 15) is 43.2 Å². The Kier molecular flexibility index (Phi) is 8.60. The molecule has 42 heavy (non-hydrogen) atoms. The lowest BCUT2D eigenvalue weighted by molar-refractivity contribution is -0.401. The first-order chi connectivity index (χ1) is 19.0. The number of rotatable bonds is 4. The van der Waals surface area contributed by atoms with E-state index < -0.39 is 31.1 Å². The normalized spacial score (nSPS) is 19.1. The van der Waals surface area contributed by atoms with Crippen molar-refractivity contribution in [1.82, 2.24) is 0 Å². The second kappa shape index (κ2) is 10.8. The summed E-state index contributed by atoms with van der Waals surface area (Å²) in [5, 5.41) is 0. The number of sulfonamides is 2. The lowest BCUT2D eigenvalue weighted by Gasteiger charge is -2.23. The first kappa shape index (κ1) is 33.3. The van der Waals surface area contributed by atoms with Gasteiger partial charge in [0, 0.05) is 41.6 Å². The lowest BCUT2D eigenvalue weighted by atomic mass is 9.81. The third kappa shape index (κ3) is 5.99. The van der Waals surface area contributed by atoms with E-state index in [4.69, 9.17) is 0 Å². The number of alkyl halides is 6. The van der Waals surface area contributed by atoms with Crippen LogP contribution in [-0.4, -0.2) is 52.2 Å². The average molecular weight is 638 g/mol. The molecule has 0 N–H and O–H groups in total. The van der Waals surface area contributed by atoms with Gasteiger partial charge in [0.2, 0.25) is 5.69 Å². The summed E-state index contributed by atoms with van der Waals surface area (Å²) in [6.45, 7) is 9.24. The van der Waals surface area contributed by atoms with Crippen LogP contribution in [0.3, 0.4) is 0 Å². The highest BCUT2D eigenvalue weighted by Gasteiger charge is 2.47. The molecule has 4 rings (SSSR count). The third-order valence-electron chi connectivity index (χ3n) is 7.17. The number of anilines is 1. The Morgan fingerprint density at radius 3 is 1.74 bits per heavy atom. The molecule has 0 aromatic heterocycles. The summed E-state index contributed by atoms with van der Waals surface area (Å²) in [5.41, 5.74) is -4.32. The monoisotopic (exact) mass is 637 g/mol. The van der Waals surface area contributed by atoms with Crippen LogP contribution in [0, 0.1) is 0 Å². The van der Waals surface area contributed by atoms with Gasteiger partial charge in [0.1, 0.15) is 7.05 Å². The molecular formula is C27H29F6N3O4S2. The van der Waals surface area contributed by atoms with E-state index in [-0.39, 0.29) is 10.8 Å². The Morgan fingerprint density at radius 2 is 1.26 bits per heavy atom. The zero-order valence-corrected chi connectivity index (χ0v) is 25.0. The van der Waals surface area contributed by atoms with Crippen molar-refractivity contribution < 1.29 is 47.8 Å². The quantitative estimate of drug-likeness (QED) is 0.278. The van der Waals surface area contributed by atoms with Crippen molar-refractivity contribution in [3.05, 3.63) is 87.7 Å². The van der Waals surface area contributed by atoms with Crippen LogP contribution in [0.1, 0.15) is 38.8 Å². The Hall–Kier alpha value is -3.17. The molecule has 0 atom stereocenters. The summed E-state index contributed by atoms with van der Waals surface area (Å²) >= 11 is 0. The number of allylic oxidation sites excluding steroid dienone is 4. The van der Waals surface area contributed by atoms with Crippen molar-refractivity contribution in [2.24, 2.45) is 0 Å². The number of nitrogens with zero attached hydrogens (tertiary/aromatic N) is 3. The summed E-state index contributed by atoms with van der Waals surface area (Å²) in [6, 6.07) is 17.4. The maximum absolute atomic E-state index is 11.4. The van der Waals surface area contributed by atoms with Crippen LogP contribution >= 0.6 is 0 Å². The molecule has 2 aliphatic rings. The van der Waals surface area contributed by atoms with Crippen LogP contribution in [0.25, 0.3) is 4.13 Å². The summed E-state index contributed by atoms with van der Waals surface area (Å²) in [5.74, 6) is 0. The minimum Gasteiger partial charge on any atom is -0.421 e. The summed E-state index contributed by atoms with van der Waals surface area (Å²) in [4.78, 5) is 2.32. The lowest BCUT2D eigenvalue weighted by Crippen LogP contribution is -2.30. The van der Waals surface area contributed by atoms with Gasteiger partial charge in [-0.05, 0) is 31.6 Å². The van der Waals surface area contributed by atoms with Gasteiger partial charge in [-0.1, -0.05) is 56.3 Å². The van der Waals surface area contributed by atoms with E-state index in [1.54, 1.807) is 0 Å². The molecule has 0 amide bonds. The minimum atomic E-state index is -6.72. The van der Waals surface area contributed by atoms with Crippen molar-refractivity contribution >= 4 is 37.1 Å². The van der Waals surface area contributed by atoms with Crippen LogP contribution in [0.4, 0.5) is 37.7 Å². The molecule has 0 spiro atoms. The van der Waals surface area contributed by atoms with Gasteiger partial charge in [-0.25, -0.2) is 16.8 Å². The fraction of sp³-hybridized carbons (Fsp3) is 0.370. The predicted molar refractivity (Wildman–Crippen MR) is 149 cm³/mol. The number of benzene rings is 2. The van der Waals surface area contributed by atoms with Gasteiger partial charge in [-0.3, -0.25) is 0 Å². The Balaban J connectivity index is 0.000000277. The number of para-hydroxylation sites is 2. The molecule has 0 bridgehead atoms. The van der Waals surface area contributed by atoms with E-state index in [1.807, 2.05) is 0 Å². The summed E-state index contributed by atoms with van der Waals surface area (Å²) in [6.07, 6.45) is 6.78. The fourth-order valence-corrected chi connectivity index (χ4v) is 6.76. The van der Waals surface area contributed by atoms with E-state index in [2.05, 4.69) is 118 Å². The van der Waals surface area contributed by atoms with Gasteiger partial charge < -0.3 is 9.03 Å². The molecule has 0 saturated carbocycles. The molecular weight excluding hydrogens is 608 g/mol. The summed E-state index contributed by atoms with van der Waals surface area (Å²) < 4.78 is 112. The maximum Gasteiger partial charge on any atom is 0.480 e. The zero-order chi connectivity index (χ0) is 32.1. The van der Waals surface area contributed by atoms with Crippen LogP contribution in [0.5, 0.6) is 0 Å². The number of likely N-dealkylation sites (N-methyl/N-ethyl adjacent to an activating group) is 1. The SMILES string of the molecule is CN1C(=CC=CC2=[N+](C)c3ccccc3C2(C)C)C(C)(C)c2ccccc21.O=S(=O)([N-]S(=O)(=O)C(F)(F)F)C(F)(F)F. The molecule has 0 fully saturated rings. The van der Waals surface area contributed by atoms with Crippen molar-refractivity contribution in [3.8, 4) is 0 Å². The molecule has 0 aliphatic carbocycles. The standard InChI is InChI=1S/C25H29N2.C2F6NO4S2/c1-24(2)18-12-7-9-14-20(18)26(5)22(24)16-11-17-23-25(3,4)19-13-8-10-15-21(19)27(23)6;3-1(4,5)14(10,11)9-15(12,13)2(6,7)8/h7-17H,1-6H3;/q+1;-1. The molecule has 2 aromatic rings. The molecule has 0 unspecified atom stereocenters. The van der Waals surface area contributed by atoms with E-state index in [0.29, 0.717) is 0 Å². The number of hydrogen-bond acceptors (Lipinski definition) is 5. The average Bonchev–Trinajstić information content (AvgIpc) is 3.17. The second-order valence-corrected chi connectivity index (χ2v) is 14.0. The summed E-state index contributed by atoms with van der Waals surface area (Å²) in [7, 11) is -9.11. The first-order valence-corrected chi connectivity index (χ1v) is 15.1. The Labute approximate surface area is 241 Å². The van der Waals surface area contributed by atoms with Crippen LogP contribution < -0.4 is 4.90 Å². The fourth-order valence-electron chi connectivity index (χ4n) is 5.05. The molecule has 0 saturated heterocycles. The third-order valence-corrected chi connectivity index (χ3v) is 9.91. The van der Waals surface area contributed by atoms with Crippen molar-refractivity contribution in [3.63, 3.8) is 0 Å². The molecule has 0 radical (unpaired) electrons. The topological polar surface area (TPSA) is 88.6 Å². The minimum absolute atomic E-state index is 0.0143. The van der Waals surface area contributed by atoms with E-state index in [0.717, 1.165) is 4.13 Å². The molecule has 230 valence electrons.